The summed E-state index contributed by atoms with van der Waals surface area (Å²) in [5, 5.41) is 8.15. The van der Waals surface area contributed by atoms with E-state index in [2.05, 4.69) is 15.6 Å². The number of rotatable bonds is 10. The molecule has 1 fully saturated rings. The number of carbonyl (C=O) groups is 3. The lowest BCUT2D eigenvalue weighted by molar-refractivity contribution is -0.143. The molecule has 0 bridgehead atoms. The molecule has 2 N–H and O–H groups in total. The summed E-state index contributed by atoms with van der Waals surface area (Å²) in [6.07, 6.45) is 5.91. The van der Waals surface area contributed by atoms with Crippen molar-refractivity contribution in [3.05, 3.63) is 47.5 Å². The number of hydrogen-bond acceptors (Lipinski definition) is 5. The maximum absolute atomic E-state index is 13.3. The van der Waals surface area contributed by atoms with E-state index in [-0.39, 0.29) is 42.5 Å². The zero-order valence-corrected chi connectivity index (χ0v) is 19.6. The Labute approximate surface area is 193 Å². The summed E-state index contributed by atoms with van der Waals surface area (Å²) >= 11 is 1.33. The van der Waals surface area contributed by atoms with Crippen molar-refractivity contribution >= 4 is 34.2 Å². The highest BCUT2D eigenvalue weighted by atomic mass is 32.1. The van der Waals surface area contributed by atoms with E-state index in [9.17, 15) is 14.4 Å². The van der Waals surface area contributed by atoms with Crippen LogP contribution in [0.3, 0.4) is 0 Å². The molecule has 0 unspecified atom stereocenters. The quantitative estimate of drug-likeness (QED) is 0.566. The molecule has 1 saturated carbocycles. The van der Waals surface area contributed by atoms with Crippen LogP contribution in [0.2, 0.25) is 0 Å². The summed E-state index contributed by atoms with van der Waals surface area (Å²) in [6, 6.07) is 9.24. The first-order valence-electron chi connectivity index (χ1n) is 11.3. The van der Waals surface area contributed by atoms with Gasteiger partial charge in [0.2, 0.25) is 17.7 Å². The fraction of sp³-hybridized carbons (Fsp3) is 0.500. The van der Waals surface area contributed by atoms with Gasteiger partial charge in [0.05, 0.1) is 0 Å². The zero-order valence-electron chi connectivity index (χ0n) is 18.8. The fourth-order valence-electron chi connectivity index (χ4n) is 4.11. The summed E-state index contributed by atoms with van der Waals surface area (Å²) in [7, 11) is 0. The Hall–Kier alpha value is -2.74. The van der Waals surface area contributed by atoms with Crippen LogP contribution in [-0.4, -0.2) is 39.7 Å². The minimum atomic E-state index is -0.592. The molecule has 2 aromatic rings. The van der Waals surface area contributed by atoms with E-state index < -0.39 is 6.04 Å². The highest BCUT2D eigenvalue weighted by Crippen LogP contribution is 2.21. The van der Waals surface area contributed by atoms with Crippen LogP contribution in [-0.2, 0) is 20.9 Å². The van der Waals surface area contributed by atoms with Crippen molar-refractivity contribution in [2.75, 3.05) is 5.32 Å². The van der Waals surface area contributed by atoms with Gasteiger partial charge in [0.1, 0.15) is 6.04 Å². The number of thiazole rings is 1. The number of amides is 3. The molecule has 1 aliphatic carbocycles. The maximum Gasteiger partial charge on any atom is 0.243 e. The Morgan fingerprint density at radius 2 is 1.84 bits per heavy atom. The minimum Gasteiger partial charge on any atom is -0.352 e. The molecule has 1 aromatic heterocycles. The van der Waals surface area contributed by atoms with Crippen LogP contribution in [0, 0.1) is 5.92 Å². The van der Waals surface area contributed by atoms with Crippen molar-refractivity contribution in [2.45, 2.75) is 71.0 Å². The Morgan fingerprint density at radius 1 is 1.12 bits per heavy atom. The lowest BCUT2D eigenvalue weighted by Gasteiger charge is -2.34. The molecular weight excluding hydrogens is 424 g/mol. The number of benzene rings is 1. The van der Waals surface area contributed by atoms with Gasteiger partial charge in [-0.25, -0.2) is 4.98 Å². The van der Waals surface area contributed by atoms with Crippen LogP contribution in [0.5, 0.6) is 0 Å². The minimum absolute atomic E-state index is 0.0317. The summed E-state index contributed by atoms with van der Waals surface area (Å²) in [6.45, 7) is 4.24. The van der Waals surface area contributed by atoms with E-state index >= 15 is 0 Å². The van der Waals surface area contributed by atoms with E-state index in [0.29, 0.717) is 11.7 Å². The van der Waals surface area contributed by atoms with Crippen LogP contribution in [0.4, 0.5) is 5.13 Å². The molecule has 3 rings (SSSR count). The Kier molecular flexibility index (Phi) is 8.79. The van der Waals surface area contributed by atoms with E-state index in [0.717, 1.165) is 31.2 Å². The molecule has 1 atom stereocenters. The molecule has 0 spiro atoms. The molecule has 172 valence electrons. The van der Waals surface area contributed by atoms with Crippen LogP contribution >= 0.6 is 11.3 Å². The van der Waals surface area contributed by atoms with Crippen LogP contribution in [0.25, 0.3) is 0 Å². The van der Waals surface area contributed by atoms with E-state index in [1.807, 2.05) is 44.2 Å². The highest BCUT2D eigenvalue weighted by molar-refractivity contribution is 7.13. The summed E-state index contributed by atoms with van der Waals surface area (Å²) < 4.78 is 0. The molecule has 1 heterocycles. The molecular formula is C24H32N4O3S. The van der Waals surface area contributed by atoms with Gasteiger partial charge in [0.15, 0.2) is 5.13 Å². The van der Waals surface area contributed by atoms with Crippen LogP contribution < -0.4 is 10.6 Å². The molecule has 8 heteroatoms. The van der Waals surface area contributed by atoms with Crippen molar-refractivity contribution in [1.29, 1.82) is 0 Å². The molecule has 0 aliphatic heterocycles. The topological polar surface area (TPSA) is 91.4 Å². The second-order valence-corrected chi connectivity index (χ2v) is 9.47. The smallest absolute Gasteiger partial charge is 0.243 e. The van der Waals surface area contributed by atoms with Gasteiger partial charge in [0, 0.05) is 37.0 Å². The first kappa shape index (κ1) is 23.9. The van der Waals surface area contributed by atoms with E-state index in [4.69, 9.17) is 0 Å². The third-order valence-corrected chi connectivity index (χ3v) is 6.39. The van der Waals surface area contributed by atoms with Gasteiger partial charge in [-0.05, 0) is 24.3 Å². The molecule has 32 heavy (non-hydrogen) atoms. The SMILES string of the molecule is CC(C)[C@H](C(=O)NC1CCCC1)N(Cc1ccccc1)C(=O)CCC(=O)Nc1nccs1. The fourth-order valence-corrected chi connectivity index (χ4v) is 4.66. The third-order valence-electron chi connectivity index (χ3n) is 5.70. The Balaban J connectivity index is 1.71. The molecule has 0 radical (unpaired) electrons. The normalized spacial score (nSPS) is 14.8. The lowest BCUT2D eigenvalue weighted by atomic mass is 9.99. The van der Waals surface area contributed by atoms with Crippen molar-refractivity contribution in [1.82, 2.24) is 15.2 Å². The van der Waals surface area contributed by atoms with Gasteiger partial charge in [-0.3, -0.25) is 14.4 Å². The number of anilines is 1. The van der Waals surface area contributed by atoms with Gasteiger partial charge in [0.25, 0.3) is 0 Å². The molecule has 1 aliphatic rings. The number of aromatic nitrogens is 1. The van der Waals surface area contributed by atoms with Gasteiger partial charge in [-0.15, -0.1) is 11.3 Å². The first-order chi connectivity index (χ1) is 15.4. The lowest BCUT2D eigenvalue weighted by Crippen LogP contribution is -2.53. The van der Waals surface area contributed by atoms with Crippen LogP contribution in [0.1, 0.15) is 57.9 Å². The predicted octanol–water partition coefficient (Wildman–Crippen LogP) is 3.97. The molecule has 3 amide bonds. The predicted molar refractivity (Wildman–Crippen MR) is 126 cm³/mol. The van der Waals surface area contributed by atoms with Gasteiger partial charge < -0.3 is 15.5 Å². The van der Waals surface area contributed by atoms with E-state index in [1.165, 1.54) is 11.3 Å². The van der Waals surface area contributed by atoms with Crippen molar-refractivity contribution in [2.24, 2.45) is 5.92 Å². The summed E-state index contributed by atoms with van der Waals surface area (Å²) in [5.41, 5.74) is 0.951. The highest BCUT2D eigenvalue weighted by Gasteiger charge is 2.34. The first-order valence-corrected chi connectivity index (χ1v) is 12.1. The Bertz CT molecular complexity index is 880. The standard InChI is InChI=1S/C24H32N4O3S/c1-17(2)22(23(31)26-19-10-6-7-11-19)28(16-18-8-4-3-5-9-18)21(30)13-12-20(29)27-24-25-14-15-32-24/h3-5,8-9,14-15,17,19,22H,6-7,10-13,16H2,1-2H3,(H,26,31)(H,25,27,29)/t22-/m1/s1. The second-order valence-electron chi connectivity index (χ2n) is 8.57. The van der Waals surface area contributed by atoms with Crippen molar-refractivity contribution < 1.29 is 14.4 Å². The monoisotopic (exact) mass is 456 g/mol. The van der Waals surface area contributed by atoms with Gasteiger partial charge in [-0.1, -0.05) is 57.0 Å². The third kappa shape index (κ3) is 6.88. The number of carbonyl (C=O) groups excluding carboxylic acids is 3. The average molecular weight is 457 g/mol. The second kappa shape index (κ2) is 11.8. The molecule has 7 nitrogen and oxygen atoms in total. The van der Waals surface area contributed by atoms with Crippen molar-refractivity contribution in [3.8, 4) is 0 Å². The number of nitrogens with zero attached hydrogens (tertiary/aromatic N) is 2. The van der Waals surface area contributed by atoms with Gasteiger partial charge in [-0.2, -0.15) is 0 Å². The van der Waals surface area contributed by atoms with Gasteiger partial charge >= 0.3 is 0 Å². The van der Waals surface area contributed by atoms with Crippen molar-refractivity contribution in [3.63, 3.8) is 0 Å². The van der Waals surface area contributed by atoms with Crippen LogP contribution in [0.15, 0.2) is 41.9 Å². The summed E-state index contributed by atoms with van der Waals surface area (Å²) in [5.74, 6) is -0.635. The number of hydrogen-bond donors (Lipinski definition) is 2. The zero-order chi connectivity index (χ0) is 22.9. The molecule has 1 aromatic carbocycles. The summed E-state index contributed by atoms with van der Waals surface area (Å²) in [4.78, 5) is 44.5. The van der Waals surface area contributed by atoms with E-state index in [1.54, 1.807) is 16.5 Å². The molecule has 0 saturated heterocycles. The largest absolute Gasteiger partial charge is 0.352 e. The number of nitrogens with one attached hydrogen (secondary N) is 2. The average Bonchev–Trinajstić information content (AvgIpc) is 3.46. The Morgan fingerprint density at radius 3 is 2.47 bits per heavy atom. The maximum atomic E-state index is 13.3.